The van der Waals surface area contributed by atoms with Crippen LogP contribution in [-0.2, 0) is 0 Å². The van der Waals surface area contributed by atoms with Gasteiger partial charge in [-0.2, -0.15) is 0 Å². The van der Waals surface area contributed by atoms with Gasteiger partial charge < -0.3 is 10.3 Å². The molecule has 0 amide bonds. The molecule has 2 aromatic rings. The van der Waals surface area contributed by atoms with Gasteiger partial charge in [-0.3, -0.25) is 0 Å². The third kappa shape index (κ3) is 1.93. The van der Waals surface area contributed by atoms with Crippen LogP contribution in [0.3, 0.4) is 0 Å². The van der Waals surface area contributed by atoms with Crippen LogP contribution in [0, 0.1) is 6.92 Å². The molecule has 0 radical (unpaired) electrons. The van der Waals surface area contributed by atoms with E-state index in [-0.39, 0.29) is 0 Å². The molecule has 0 spiro atoms. The lowest BCUT2D eigenvalue weighted by molar-refractivity contribution is 0.831. The molecule has 0 aromatic carbocycles. The highest BCUT2D eigenvalue weighted by Crippen LogP contribution is 2.21. The maximum Gasteiger partial charge on any atom is 0.143 e. The fraction of sp³-hybridized carbons (Fsp3) is 0.455. The molecule has 4 heteroatoms. The summed E-state index contributed by atoms with van der Waals surface area (Å²) in [7, 11) is 0. The normalized spacial score (nSPS) is 10.8. The van der Waals surface area contributed by atoms with E-state index >= 15 is 0 Å². The molecule has 2 rings (SSSR count). The average Bonchev–Trinajstić information content (AvgIpc) is 2.62. The minimum atomic E-state index is 0.904. The highest BCUT2D eigenvalue weighted by atomic mass is 15.0. The van der Waals surface area contributed by atoms with Crippen molar-refractivity contribution in [1.82, 2.24) is 15.0 Å². The van der Waals surface area contributed by atoms with Gasteiger partial charge in [-0.1, -0.05) is 13.3 Å². The van der Waals surface area contributed by atoms with Crippen LogP contribution in [0.15, 0.2) is 12.5 Å². The number of hydrogen-bond acceptors (Lipinski definition) is 3. The lowest BCUT2D eigenvalue weighted by Crippen LogP contribution is -2.03. The van der Waals surface area contributed by atoms with Crippen molar-refractivity contribution in [3.63, 3.8) is 0 Å². The minimum absolute atomic E-state index is 0.904. The molecular formula is C11H16N4. The van der Waals surface area contributed by atoms with Crippen molar-refractivity contribution < 1.29 is 0 Å². The number of aromatic amines is 1. The summed E-state index contributed by atoms with van der Waals surface area (Å²) in [6.45, 7) is 5.21. The van der Waals surface area contributed by atoms with Crippen LogP contribution in [-0.4, -0.2) is 21.5 Å². The fourth-order valence-electron chi connectivity index (χ4n) is 1.63. The smallest absolute Gasteiger partial charge is 0.143 e. The number of hydrogen-bond donors (Lipinski definition) is 2. The first-order valence-corrected chi connectivity index (χ1v) is 5.35. The zero-order valence-electron chi connectivity index (χ0n) is 9.17. The average molecular weight is 204 g/mol. The van der Waals surface area contributed by atoms with E-state index in [4.69, 9.17) is 0 Å². The van der Waals surface area contributed by atoms with Gasteiger partial charge in [0.1, 0.15) is 17.8 Å². The molecular weight excluding hydrogens is 188 g/mol. The Hall–Kier alpha value is -1.58. The van der Waals surface area contributed by atoms with Gasteiger partial charge in [0, 0.05) is 12.7 Å². The molecule has 0 fully saturated rings. The van der Waals surface area contributed by atoms with Gasteiger partial charge in [0.05, 0.1) is 5.39 Å². The van der Waals surface area contributed by atoms with E-state index in [1.54, 1.807) is 6.33 Å². The third-order valence-corrected chi connectivity index (χ3v) is 2.49. The Morgan fingerprint density at radius 1 is 1.40 bits per heavy atom. The number of rotatable bonds is 4. The topological polar surface area (TPSA) is 53.6 Å². The number of H-pyrrole nitrogens is 1. The van der Waals surface area contributed by atoms with Gasteiger partial charge >= 0.3 is 0 Å². The number of aromatic nitrogens is 3. The van der Waals surface area contributed by atoms with Crippen molar-refractivity contribution in [2.75, 3.05) is 11.9 Å². The van der Waals surface area contributed by atoms with Gasteiger partial charge in [0.2, 0.25) is 0 Å². The van der Waals surface area contributed by atoms with Crippen molar-refractivity contribution in [1.29, 1.82) is 0 Å². The van der Waals surface area contributed by atoms with E-state index in [1.807, 2.05) is 6.20 Å². The summed E-state index contributed by atoms with van der Waals surface area (Å²) >= 11 is 0. The number of nitrogens with zero attached hydrogens (tertiary/aromatic N) is 2. The lowest BCUT2D eigenvalue weighted by atomic mass is 10.2. The third-order valence-electron chi connectivity index (χ3n) is 2.49. The Bertz CT molecular complexity index is 447. The van der Waals surface area contributed by atoms with Crippen molar-refractivity contribution in [2.45, 2.75) is 26.7 Å². The van der Waals surface area contributed by atoms with Crippen molar-refractivity contribution in [2.24, 2.45) is 0 Å². The van der Waals surface area contributed by atoms with Gasteiger partial charge in [0.25, 0.3) is 0 Å². The van der Waals surface area contributed by atoms with Crippen molar-refractivity contribution >= 4 is 16.9 Å². The first-order valence-electron chi connectivity index (χ1n) is 5.35. The molecule has 2 heterocycles. The zero-order valence-corrected chi connectivity index (χ0v) is 9.17. The van der Waals surface area contributed by atoms with E-state index in [0.717, 1.165) is 29.8 Å². The fourth-order valence-corrected chi connectivity index (χ4v) is 1.63. The van der Waals surface area contributed by atoms with Gasteiger partial charge in [-0.05, 0) is 18.9 Å². The Morgan fingerprint density at radius 3 is 3.07 bits per heavy atom. The summed E-state index contributed by atoms with van der Waals surface area (Å²) in [5.74, 6) is 0.937. The van der Waals surface area contributed by atoms with Crippen LogP contribution in [0.1, 0.15) is 25.3 Å². The molecule has 0 aliphatic rings. The molecule has 0 bridgehead atoms. The maximum absolute atomic E-state index is 4.27. The number of fused-ring (bicyclic) bond motifs is 1. The zero-order chi connectivity index (χ0) is 10.7. The van der Waals surface area contributed by atoms with Crippen LogP contribution in [0.5, 0.6) is 0 Å². The van der Waals surface area contributed by atoms with Crippen LogP contribution in [0.25, 0.3) is 11.0 Å². The summed E-state index contributed by atoms with van der Waals surface area (Å²) < 4.78 is 0. The predicted molar refractivity (Wildman–Crippen MR) is 62.0 cm³/mol. The molecule has 0 saturated heterocycles. The number of aryl methyl sites for hydroxylation is 1. The molecule has 15 heavy (non-hydrogen) atoms. The predicted octanol–water partition coefficient (Wildman–Crippen LogP) is 2.48. The molecule has 80 valence electrons. The molecule has 2 aromatic heterocycles. The van der Waals surface area contributed by atoms with Gasteiger partial charge in [0.15, 0.2) is 0 Å². The summed E-state index contributed by atoms with van der Waals surface area (Å²) in [6, 6.07) is 0. The van der Waals surface area contributed by atoms with E-state index in [9.17, 15) is 0 Å². The number of nitrogens with one attached hydrogen (secondary N) is 2. The van der Waals surface area contributed by atoms with E-state index < -0.39 is 0 Å². The first kappa shape index (κ1) is 9.96. The minimum Gasteiger partial charge on any atom is -0.369 e. The molecule has 0 aliphatic carbocycles. The summed E-state index contributed by atoms with van der Waals surface area (Å²) in [5.41, 5.74) is 2.09. The van der Waals surface area contributed by atoms with Crippen LogP contribution >= 0.6 is 0 Å². The summed E-state index contributed by atoms with van der Waals surface area (Å²) in [4.78, 5) is 11.6. The molecule has 2 N–H and O–H groups in total. The number of unbranched alkanes of at least 4 members (excludes halogenated alkanes) is 1. The van der Waals surface area contributed by atoms with Crippen molar-refractivity contribution in [3.05, 3.63) is 18.1 Å². The highest BCUT2D eigenvalue weighted by Gasteiger charge is 2.06. The highest BCUT2D eigenvalue weighted by molar-refractivity contribution is 5.89. The van der Waals surface area contributed by atoms with E-state index in [2.05, 4.69) is 34.1 Å². The van der Waals surface area contributed by atoms with Crippen LogP contribution in [0.2, 0.25) is 0 Å². The van der Waals surface area contributed by atoms with Gasteiger partial charge in [-0.15, -0.1) is 0 Å². The quantitative estimate of drug-likeness (QED) is 0.752. The molecule has 0 saturated carbocycles. The van der Waals surface area contributed by atoms with E-state index in [0.29, 0.717) is 0 Å². The molecule has 0 unspecified atom stereocenters. The van der Waals surface area contributed by atoms with Crippen LogP contribution < -0.4 is 5.32 Å². The summed E-state index contributed by atoms with van der Waals surface area (Å²) in [5, 5.41) is 4.45. The van der Waals surface area contributed by atoms with Gasteiger partial charge in [-0.25, -0.2) is 9.97 Å². The first-order chi connectivity index (χ1) is 7.33. The van der Waals surface area contributed by atoms with Crippen LogP contribution in [0.4, 0.5) is 5.82 Å². The Morgan fingerprint density at radius 2 is 2.27 bits per heavy atom. The Kier molecular flexibility index (Phi) is 2.85. The standard InChI is InChI=1S/C11H16N4/c1-3-4-5-12-10-9-8(2)6-13-11(9)15-7-14-10/h6-7H,3-5H2,1-2H3,(H2,12,13,14,15). The SMILES string of the molecule is CCCCNc1ncnc2[nH]cc(C)c12. The Labute approximate surface area is 89.1 Å². The lowest BCUT2D eigenvalue weighted by Gasteiger charge is -2.05. The number of anilines is 1. The second-order valence-corrected chi connectivity index (χ2v) is 3.70. The maximum atomic E-state index is 4.27. The molecule has 0 aliphatic heterocycles. The second-order valence-electron chi connectivity index (χ2n) is 3.70. The monoisotopic (exact) mass is 204 g/mol. The Balaban J connectivity index is 2.29. The molecule has 4 nitrogen and oxygen atoms in total. The second kappa shape index (κ2) is 4.29. The largest absolute Gasteiger partial charge is 0.369 e. The summed E-state index contributed by atoms with van der Waals surface area (Å²) in [6.07, 6.45) is 5.90. The van der Waals surface area contributed by atoms with E-state index in [1.165, 1.54) is 12.0 Å². The molecule has 0 atom stereocenters. The van der Waals surface area contributed by atoms with Crippen molar-refractivity contribution in [3.8, 4) is 0 Å².